The lowest BCUT2D eigenvalue weighted by molar-refractivity contribution is 0.579. The van der Waals surface area contributed by atoms with Crippen LogP contribution in [0.5, 0.6) is 0 Å². The lowest BCUT2D eigenvalue weighted by Crippen LogP contribution is -2.43. The molecule has 1 aliphatic rings. The number of alkyl halides is 2. The Kier molecular flexibility index (Phi) is 2.47. The fraction of sp³-hybridized carbons (Fsp3) is 0.500. The van der Waals surface area contributed by atoms with Crippen molar-refractivity contribution in [2.45, 2.75) is 11.1 Å². The van der Waals surface area contributed by atoms with Gasteiger partial charge in [-0.25, -0.2) is 0 Å². The predicted octanol–water partition coefficient (Wildman–Crippen LogP) is 1.35. The van der Waals surface area contributed by atoms with Gasteiger partial charge < -0.3 is 5.32 Å². The van der Waals surface area contributed by atoms with Gasteiger partial charge in [0.2, 0.25) is 0 Å². The summed E-state index contributed by atoms with van der Waals surface area (Å²) in [6.07, 6.45) is 1.58. The van der Waals surface area contributed by atoms with E-state index in [1.165, 1.54) is 0 Å². The van der Waals surface area contributed by atoms with Gasteiger partial charge in [-0.2, -0.15) is 0 Å². The number of nitrogens with one attached hydrogen (secondary N) is 2. The Morgan fingerprint density at radius 1 is 1.44 bits per heavy atom. The van der Waals surface area contributed by atoms with Crippen molar-refractivity contribution in [2.24, 2.45) is 0 Å². The molecule has 52 valence electrons. The van der Waals surface area contributed by atoms with E-state index in [0.717, 1.165) is 0 Å². The molecule has 0 spiro atoms. The van der Waals surface area contributed by atoms with Gasteiger partial charge in [0.25, 0.3) is 0 Å². The molecule has 0 aromatic carbocycles. The predicted molar refractivity (Wildman–Crippen MR) is 39.5 cm³/mol. The SMILES string of the molecule is ClC1=CNC(Cl)NC1Cl. The fourth-order valence-corrected chi connectivity index (χ4v) is 1.05. The summed E-state index contributed by atoms with van der Waals surface area (Å²) in [5, 5.41) is 6.01. The molecular formula is C4H5Cl3N2. The Balaban J connectivity index is 2.56. The Morgan fingerprint density at radius 3 is 2.56 bits per heavy atom. The van der Waals surface area contributed by atoms with E-state index in [4.69, 9.17) is 34.8 Å². The van der Waals surface area contributed by atoms with Crippen LogP contribution in [0.2, 0.25) is 0 Å². The second-order valence-electron chi connectivity index (χ2n) is 1.59. The maximum absolute atomic E-state index is 5.63. The van der Waals surface area contributed by atoms with Crippen molar-refractivity contribution < 1.29 is 0 Å². The molecule has 0 aromatic rings. The molecule has 2 unspecified atom stereocenters. The van der Waals surface area contributed by atoms with Crippen LogP contribution in [-0.2, 0) is 0 Å². The molecule has 0 amide bonds. The minimum Gasteiger partial charge on any atom is -0.362 e. The minimum absolute atomic E-state index is 0.324. The summed E-state index contributed by atoms with van der Waals surface area (Å²) in [4.78, 5) is 0. The largest absolute Gasteiger partial charge is 0.362 e. The number of halogens is 3. The maximum atomic E-state index is 5.63. The van der Waals surface area contributed by atoms with Crippen LogP contribution in [0, 0.1) is 0 Å². The van der Waals surface area contributed by atoms with Crippen LogP contribution < -0.4 is 10.6 Å². The second kappa shape index (κ2) is 2.97. The topological polar surface area (TPSA) is 24.1 Å². The van der Waals surface area contributed by atoms with E-state index in [1.807, 2.05) is 0 Å². The third-order valence-electron chi connectivity index (χ3n) is 0.902. The van der Waals surface area contributed by atoms with Gasteiger partial charge in [0.15, 0.2) is 5.62 Å². The van der Waals surface area contributed by atoms with E-state index in [0.29, 0.717) is 5.03 Å². The van der Waals surface area contributed by atoms with Crippen molar-refractivity contribution in [3.63, 3.8) is 0 Å². The maximum Gasteiger partial charge on any atom is 0.156 e. The fourth-order valence-electron chi connectivity index (χ4n) is 0.482. The molecule has 2 atom stereocenters. The van der Waals surface area contributed by atoms with E-state index >= 15 is 0 Å². The van der Waals surface area contributed by atoms with Gasteiger partial charge in [0.1, 0.15) is 5.50 Å². The van der Waals surface area contributed by atoms with Crippen LogP contribution in [0.25, 0.3) is 0 Å². The summed E-state index contributed by atoms with van der Waals surface area (Å²) in [5.74, 6) is 0. The average molecular weight is 187 g/mol. The molecule has 1 rings (SSSR count). The van der Waals surface area contributed by atoms with E-state index in [2.05, 4.69) is 10.6 Å². The van der Waals surface area contributed by atoms with Crippen molar-refractivity contribution in [1.29, 1.82) is 0 Å². The van der Waals surface area contributed by atoms with Gasteiger partial charge in [-0.3, -0.25) is 5.32 Å². The summed E-state index contributed by atoms with van der Waals surface area (Å²) < 4.78 is 0. The highest BCUT2D eigenvalue weighted by molar-refractivity contribution is 6.37. The highest BCUT2D eigenvalue weighted by Crippen LogP contribution is 2.15. The minimum atomic E-state index is -0.365. The molecule has 0 saturated heterocycles. The van der Waals surface area contributed by atoms with E-state index in [9.17, 15) is 0 Å². The van der Waals surface area contributed by atoms with Gasteiger partial charge >= 0.3 is 0 Å². The van der Waals surface area contributed by atoms with Crippen LogP contribution in [-0.4, -0.2) is 11.1 Å². The lowest BCUT2D eigenvalue weighted by Gasteiger charge is -2.21. The first-order valence-electron chi connectivity index (χ1n) is 2.36. The summed E-state index contributed by atoms with van der Waals surface area (Å²) >= 11 is 16.8. The Bertz CT molecular complexity index is 136. The van der Waals surface area contributed by atoms with Crippen LogP contribution in [0.4, 0.5) is 0 Å². The smallest absolute Gasteiger partial charge is 0.156 e. The summed E-state index contributed by atoms with van der Waals surface area (Å²) in [7, 11) is 0. The first-order valence-corrected chi connectivity index (χ1v) is 3.61. The summed E-state index contributed by atoms with van der Waals surface area (Å²) in [5.41, 5.74) is -0.689. The normalized spacial score (nSPS) is 35.2. The molecule has 0 radical (unpaired) electrons. The van der Waals surface area contributed by atoms with Gasteiger partial charge in [-0.15, -0.1) is 0 Å². The third kappa shape index (κ3) is 1.90. The van der Waals surface area contributed by atoms with Crippen LogP contribution in [0.3, 0.4) is 0 Å². The zero-order valence-corrected chi connectivity index (χ0v) is 6.63. The molecule has 5 heteroatoms. The first-order chi connectivity index (χ1) is 4.20. The number of hydrogen-bond donors (Lipinski definition) is 2. The molecule has 0 aliphatic carbocycles. The molecule has 0 saturated carbocycles. The molecule has 2 nitrogen and oxygen atoms in total. The monoisotopic (exact) mass is 186 g/mol. The molecule has 1 aliphatic heterocycles. The van der Waals surface area contributed by atoms with Gasteiger partial charge in [0.05, 0.1) is 5.03 Å². The summed E-state index contributed by atoms with van der Waals surface area (Å²) in [6, 6.07) is 0. The third-order valence-corrected chi connectivity index (χ3v) is 1.95. The molecule has 9 heavy (non-hydrogen) atoms. The average Bonchev–Trinajstić information content (AvgIpc) is 1.80. The Morgan fingerprint density at radius 2 is 2.11 bits per heavy atom. The molecule has 0 fully saturated rings. The Labute approximate surface area is 68.1 Å². The van der Waals surface area contributed by atoms with Crippen molar-refractivity contribution >= 4 is 34.8 Å². The molecule has 0 bridgehead atoms. The molecular weight excluding hydrogens is 182 g/mol. The van der Waals surface area contributed by atoms with E-state index in [-0.39, 0.29) is 11.1 Å². The van der Waals surface area contributed by atoms with Gasteiger partial charge in [-0.1, -0.05) is 34.8 Å². The van der Waals surface area contributed by atoms with Crippen molar-refractivity contribution in [3.05, 3.63) is 11.2 Å². The zero-order valence-electron chi connectivity index (χ0n) is 4.37. The molecule has 0 aromatic heterocycles. The number of hydrogen-bond acceptors (Lipinski definition) is 2. The van der Waals surface area contributed by atoms with Crippen LogP contribution >= 0.6 is 34.8 Å². The summed E-state index contributed by atoms with van der Waals surface area (Å²) in [6.45, 7) is 0. The van der Waals surface area contributed by atoms with E-state index < -0.39 is 0 Å². The van der Waals surface area contributed by atoms with Gasteiger partial charge in [0, 0.05) is 6.20 Å². The molecule has 2 N–H and O–H groups in total. The number of rotatable bonds is 0. The second-order valence-corrected chi connectivity index (χ2v) is 2.90. The zero-order chi connectivity index (χ0) is 6.85. The first kappa shape index (κ1) is 7.48. The van der Waals surface area contributed by atoms with Crippen LogP contribution in [0.15, 0.2) is 11.2 Å². The van der Waals surface area contributed by atoms with Crippen molar-refractivity contribution in [2.75, 3.05) is 0 Å². The van der Waals surface area contributed by atoms with E-state index in [1.54, 1.807) is 6.20 Å². The van der Waals surface area contributed by atoms with Crippen molar-refractivity contribution in [1.82, 2.24) is 10.6 Å². The van der Waals surface area contributed by atoms with Crippen LogP contribution in [0.1, 0.15) is 0 Å². The molecule has 1 heterocycles. The lowest BCUT2D eigenvalue weighted by atomic mass is 10.5. The van der Waals surface area contributed by atoms with Gasteiger partial charge in [-0.05, 0) is 0 Å². The highest BCUT2D eigenvalue weighted by Gasteiger charge is 2.16. The highest BCUT2D eigenvalue weighted by atomic mass is 35.5. The van der Waals surface area contributed by atoms with Crippen molar-refractivity contribution in [3.8, 4) is 0 Å². The standard InChI is InChI=1S/C4H5Cl3N2/c5-2-1-8-4(7)9-3(2)6/h1,3-4,8-9H. The Hall–Kier alpha value is 0.370. The quantitative estimate of drug-likeness (QED) is 0.442.